The van der Waals surface area contributed by atoms with E-state index in [1.807, 2.05) is 0 Å². The van der Waals surface area contributed by atoms with Crippen molar-refractivity contribution in [1.29, 1.82) is 0 Å². The first kappa shape index (κ1) is 9.02. The van der Waals surface area contributed by atoms with Crippen molar-refractivity contribution in [3.05, 3.63) is 29.2 Å². The topological polar surface area (TPSA) is 55.0 Å². The Labute approximate surface area is 84.9 Å². The van der Waals surface area contributed by atoms with Gasteiger partial charge in [0, 0.05) is 24.0 Å². The maximum absolute atomic E-state index is 11.3. The third-order valence-electron chi connectivity index (χ3n) is 1.96. The molecule has 2 aromatic heterocycles. The van der Waals surface area contributed by atoms with Crippen molar-refractivity contribution >= 4 is 28.5 Å². The van der Waals surface area contributed by atoms with Crippen LogP contribution in [0.25, 0.3) is 10.9 Å². The van der Waals surface area contributed by atoms with Gasteiger partial charge in [0.05, 0.1) is 23.2 Å². The smallest absolute Gasteiger partial charge is 0.340 e. The number of nitrogens with one attached hydrogen (secondary N) is 1. The second-order valence-corrected chi connectivity index (χ2v) is 3.15. The molecule has 2 heterocycles. The number of pyridine rings is 1. The molecule has 0 fully saturated rings. The minimum atomic E-state index is -0.402. The number of aromatic nitrogens is 2. The number of hydrogen-bond acceptors (Lipinski definition) is 3. The summed E-state index contributed by atoms with van der Waals surface area (Å²) >= 11 is 5.87. The highest BCUT2D eigenvalue weighted by Gasteiger charge is 2.13. The molecule has 2 rings (SSSR count). The molecule has 4 nitrogen and oxygen atoms in total. The van der Waals surface area contributed by atoms with E-state index in [2.05, 4.69) is 14.7 Å². The highest BCUT2D eigenvalue weighted by molar-refractivity contribution is 6.35. The highest BCUT2D eigenvalue weighted by Crippen LogP contribution is 2.24. The van der Waals surface area contributed by atoms with Crippen molar-refractivity contribution in [3.8, 4) is 0 Å². The number of halogens is 1. The SMILES string of the molecule is COC(=O)c1c[nH]c2c(Cl)cncc12. The van der Waals surface area contributed by atoms with E-state index in [0.29, 0.717) is 21.5 Å². The van der Waals surface area contributed by atoms with Gasteiger partial charge in [0.25, 0.3) is 0 Å². The van der Waals surface area contributed by atoms with Crippen LogP contribution in [-0.4, -0.2) is 23.0 Å². The molecule has 0 saturated carbocycles. The number of ether oxygens (including phenoxy) is 1. The van der Waals surface area contributed by atoms with E-state index >= 15 is 0 Å². The molecule has 72 valence electrons. The van der Waals surface area contributed by atoms with E-state index in [-0.39, 0.29) is 0 Å². The number of rotatable bonds is 1. The average Bonchev–Trinajstić information content (AvgIpc) is 2.62. The normalized spacial score (nSPS) is 10.4. The lowest BCUT2D eigenvalue weighted by molar-refractivity contribution is 0.0603. The van der Waals surface area contributed by atoms with Crippen molar-refractivity contribution in [3.63, 3.8) is 0 Å². The summed E-state index contributed by atoms with van der Waals surface area (Å²) in [5.41, 5.74) is 1.14. The fraction of sp³-hybridized carbons (Fsp3) is 0.111. The van der Waals surface area contributed by atoms with Gasteiger partial charge < -0.3 is 9.72 Å². The van der Waals surface area contributed by atoms with E-state index in [9.17, 15) is 4.79 Å². The zero-order valence-electron chi connectivity index (χ0n) is 7.37. The molecular weight excluding hydrogens is 204 g/mol. The van der Waals surface area contributed by atoms with Crippen LogP contribution in [0.5, 0.6) is 0 Å². The quantitative estimate of drug-likeness (QED) is 0.733. The second kappa shape index (κ2) is 3.31. The van der Waals surface area contributed by atoms with Crippen molar-refractivity contribution in [2.75, 3.05) is 7.11 Å². The lowest BCUT2D eigenvalue weighted by atomic mass is 10.2. The van der Waals surface area contributed by atoms with Gasteiger partial charge in [-0.15, -0.1) is 0 Å². The van der Waals surface area contributed by atoms with Gasteiger partial charge in [-0.25, -0.2) is 4.79 Å². The summed E-state index contributed by atoms with van der Waals surface area (Å²) in [5.74, 6) is -0.402. The third-order valence-corrected chi connectivity index (χ3v) is 2.24. The molecule has 0 aliphatic heterocycles. The molecule has 1 N–H and O–H groups in total. The molecule has 0 aromatic carbocycles. The third kappa shape index (κ3) is 1.24. The number of fused-ring (bicyclic) bond motifs is 1. The molecule has 0 atom stereocenters. The minimum absolute atomic E-state index is 0.402. The molecule has 0 aliphatic rings. The number of H-pyrrole nitrogens is 1. The van der Waals surface area contributed by atoms with Crippen LogP contribution in [0.2, 0.25) is 5.02 Å². The number of nitrogens with zero attached hydrogens (tertiary/aromatic N) is 1. The van der Waals surface area contributed by atoms with Gasteiger partial charge in [0.1, 0.15) is 0 Å². The first-order valence-electron chi connectivity index (χ1n) is 3.93. The van der Waals surface area contributed by atoms with Crippen LogP contribution >= 0.6 is 11.6 Å². The van der Waals surface area contributed by atoms with E-state index in [1.165, 1.54) is 13.3 Å². The van der Waals surface area contributed by atoms with Crippen LogP contribution in [0.1, 0.15) is 10.4 Å². The average molecular weight is 211 g/mol. The highest BCUT2D eigenvalue weighted by atomic mass is 35.5. The lowest BCUT2D eigenvalue weighted by Gasteiger charge is -1.96. The van der Waals surface area contributed by atoms with Gasteiger partial charge >= 0.3 is 5.97 Å². The molecule has 2 aromatic rings. The van der Waals surface area contributed by atoms with Crippen LogP contribution in [-0.2, 0) is 4.74 Å². The molecule has 0 amide bonds. The van der Waals surface area contributed by atoms with Crippen LogP contribution in [0.15, 0.2) is 18.6 Å². The van der Waals surface area contributed by atoms with Crippen molar-refractivity contribution < 1.29 is 9.53 Å². The standard InChI is InChI=1S/C9H7ClN2O2/c1-14-9(13)6-3-12-8-5(6)2-11-4-7(8)10/h2-4,12H,1H3. The van der Waals surface area contributed by atoms with Crippen LogP contribution in [0, 0.1) is 0 Å². The summed E-state index contributed by atoms with van der Waals surface area (Å²) in [7, 11) is 1.33. The Hall–Kier alpha value is -1.55. The monoisotopic (exact) mass is 210 g/mol. The zero-order valence-corrected chi connectivity index (χ0v) is 8.13. The Morgan fingerprint density at radius 1 is 1.57 bits per heavy atom. The van der Waals surface area contributed by atoms with Gasteiger partial charge in [0.15, 0.2) is 0 Å². The van der Waals surface area contributed by atoms with Gasteiger partial charge in [0.2, 0.25) is 0 Å². The van der Waals surface area contributed by atoms with E-state index in [0.717, 1.165) is 0 Å². The van der Waals surface area contributed by atoms with Crippen LogP contribution < -0.4 is 0 Å². The number of carbonyl (C=O) groups is 1. The van der Waals surface area contributed by atoms with Crippen molar-refractivity contribution in [2.45, 2.75) is 0 Å². The van der Waals surface area contributed by atoms with E-state index < -0.39 is 5.97 Å². The predicted octanol–water partition coefficient (Wildman–Crippen LogP) is 2.00. The number of methoxy groups -OCH3 is 1. The Morgan fingerprint density at radius 3 is 3.07 bits per heavy atom. The summed E-state index contributed by atoms with van der Waals surface area (Å²) in [5, 5.41) is 1.15. The molecule has 5 heteroatoms. The molecule has 0 aliphatic carbocycles. The summed E-state index contributed by atoms with van der Waals surface area (Å²) in [6.07, 6.45) is 4.65. The van der Waals surface area contributed by atoms with Gasteiger partial charge in [-0.1, -0.05) is 11.6 Å². The summed E-state index contributed by atoms with van der Waals surface area (Å²) < 4.78 is 4.61. The Balaban J connectivity index is 2.70. The van der Waals surface area contributed by atoms with E-state index in [1.54, 1.807) is 12.4 Å². The fourth-order valence-electron chi connectivity index (χ4n) is 1.29. The Bertz CT molecular complexity index is 493. The molecule has 0 saturated heterocycles. The largest absolute Gasteiger partial charge is 0.465 e. The van der Waals surface area contributed by atoms with Gasteiger partial charge in [-0.05, 0) is 0 Å². The first-order chi connectivity index (χ1) is 6.74. The summed E-state index contributed by atoms with van der Waals surface area (Å²) in [6.45, 7) is 0. The first-order valence-corrected chi connectivity index (χ1v) is 4.30. The molecule has 0 spiro atoms. The van der Waals surface area contributed by atoms with Crippen LogP contribution in [0.4, 0.5) is 0 Å². The number of aromatic amines is 1. The Kier molecular flexibility index (Phi) is 2.13. The minimum Gasteiger partial charge on any atom is -0.465 e. The molecular formula is C9H7ClN2O2. The molecule has 14 heavy (non-hydrogen) atoms. The molecule has 0 unspecified atom stereocenters. The predicted molar refractivity (Wildman–Crippen MR) is 52.4 cm³/mol. The van der Waals surface area contributed by atoms with Crippen LogP contribution in [0.3, 0.4) is 0 Å². The number of hydrogen-bond donors (Lipinski definition) is 1. The maximum atomic E-state index is 11.3. The summed E-state index contributed by atoms with van der Waals surface area (Å²) in [6, 6.07) is 0. The summed E-state index contributed by atoms with van der Waals surface area (Å²) in [4.78, 5) is 18.1. The second-order valence-electron chi connectivity index (χ2n) is 2.74. The lowest BCUT2D eigenvalue weighted by Crippen LogP contribution is -1.99. The number of carbonyl (C=O) groups excluding carboxylic acids is 1. The fourth-order valence-corrected chi connectivity index (χ4v) is 1.50. The number of esters is 1. The van der Waals surface area contributed by atoms with E-state index in [4.69, 9.17) is 11.6 Å². The van der Waals surface area contributed by atoms with Gasteiger partial charge in [-0.2, -0.15) is 0 Å². The zero-order chi connectivity index (χ0) is 10.1. The molecule has 0 radical (unpaired) electrons. The van der Waals surface area contributed by atoms with Crippen molar-refractivity contribution in [2.24, 2.45) is 0 Å². The maximum Gasteiger partial charge on any atom is 0.340 e. The molecule has 0 bridgehead atoms. The van der Waals surface area contributed by atoms with Crippen molar-refractivity contribution in [1.82, 2.24) is 9.97 Å². The Morgan fingerprint density at radius 2 is 2.36 bits per heavy atom. The van der Waals surface area contributed by atoms with Gasteiger partial charge in [-0.3, -0.25) is 4.98 Å².